The van der Waals surface area contributed by atoms with Crippen LogP contribution in [-0.2, 0) is 9.59 Å². The Bertz CT molecular complexity index is 470. The summed E-state index contributed by atoms with van der Waals surface area (Å²) >= 11 is 0. The van der Waals surface area contributed by atoms with Crippen molar-refractivity contribution in [3.63, 3.8) is 0 Å². The Morgan fingerprint density at radius 3 is 2.26 bits per heavy atom. The molecule has 0 saturated heterocycles. The highest BCUT2D eigenvalue weighted by Gasteiger charge is 2.33. The molecule has 1 unspecified atom stereocenters. The van der Waals surface area contributed by atoms with E-state index in [4.69, 9.17) is 4.74 Å². The number of carbonyl (C=O) groups is 2. The van der Waals surface area contributed by atoms with Crippen LogP contribution in [0, 0.1) is 0 Å². The zero-order valence-electron chi connectivity index (χ0n) is 11.6. The molecule has 104 valence electrons. The Morgan fingerprint density at radius 1 is 1.26 bits per heavy atom. The number of carboxylic acid groups (broad SMARTS) is 1. The molecule has 1 atom stereocenters. The molecule has 0 heterocycles. The Morgan fingerprint density at radius 2 is 1.84 bits per heavy atom. The predicted molar refractivity (Wildman–Crippen MR) is 71.0 cm³/mol. The van der Waals surface area contributed by atoms with E-state index in [2.05, 4.69) is 0 Å². The van der Waals surface area contributed by atoms with Gasteiger partial charge in [-0.15, -0.1) is 0 Å². The molecular weight excluding hydrogens is 246 g/mol. The number of carbonyl (C=O) groups excluding carboxylic acids is 1. The number of amides is 1. The lowest BCUT2D eigenvalue weighted by atomic mass is 10.0. The Kier molecular flexibility index (Phi) is 4.92. The van der Waals surface area contributed by atoms with Crippen LogP contribution in [0.25, 0.3) is 0 Å². The van der Waals surface area contributed by atoms with Gasteiger partial charge < -0.3 is 14.7 Å². The Balaban J connectivity index is 3.34. The molecule has 0 aliphatic rings. The number of hydrogen-bond donors (Lipinski definition) is 1. The fourth-order valence-corrected chi connectivity index (χ4v) is 2.14. The Labute approximate surface area is 112 Å². The van der Waals surface area contributed by atoms with Crippen molar-refractivity contribution in [1.29, 1.82) is 0 Å². The summed E-state index contributed by atoms with van der Waals surface area (Å²) in [7, 11) is 1.48. The lowest BCUT2D eigenvalue weighted by Crippen LogP contribution is -2.42. The molecule has 0 spiro atoms. The normalized spacial score (nSPS) is 12.1. The highest BCUT2D eigenvalue weighted by Crippen LogP contribution is 2.30. The van der Waals surface area contributed by atoms with Crippen molar-refractivity contribution in [2.75, 3.05) is 7.11 Å². The van der Waals surface area contributed by atoms with E-state index in [-0.39, 0.29) is 11.9 Å². The number of hydrogen-bond acceptors (Lipinski definition) is 3. The molecule has 19 heavy (non-hydrogen) atoms. The molecule has 1 amide bonds. The third kappa shape index (κ3) is 3.24. The van der Waals surface area contributed by atoms with Crippen LogP contribution in [0.15, 0.2) is 24.3 Å². The zero-order valence-corrected chi connectivity index (χ0v) is 11.6. The van der Waals surface area contributed by atoms with Crippen molar-refractivity contribution in [2.45, 2.75) is 32.9 Å². The van der Waals surface area contributed by atoms with E-state index in [9.17, 15) is 14.7 Å². The second-order valence-electron chi connectivity index (χ2n) is 4.50. The van der Waals surface area contributed by atoms with Gasteiger partial charge in [0, 0.05) is 18.5 Å². The number of benzene rings is 1. The molecule has 0 aliphatic heterocycles. The van der Waals surface area contributed by atoms with E-state index in [0.717, 1.165) is 0 Å². The van der Waals surface area contributed by atoms with Crippen molar-refractivity contribution in [2.24, 2.45) is 0 Å². The molecule has 0 aliphatic carbocycles. The van der Waals surface area contributed by atoms with Crippen molar-refractivity contribution in [1.82, 2.24) is 4.90 Å². The molecule has 5 heteroatoms. The summed E-state index contributed by atoms with van der Waals surface area (Å²) in [5.74, 6) is -0.900. The summed E-state index contributed by atoms with van der Waals surface area (Å²) in [6.45, 7) is 4.94. The average Bonchev–Trinajstić information content (AvgIpc) is 2.34. The van der Waals surface area contributed by atoms with Crippen LogP contribution < -0.4 is 4.74 Å². The van der Waals surface area contributed by atoms with E-state index in [0.29, 0.717) is 11.3 Å². The van der Waals surface area contributed by atoms with Gasteiger partial charge in [-0.2, -0.15) is 0 Å². The number of aliphatic carboxylic acids is 1. The quantitative estimate of drug-likeness (QED) is 0.885. The Hall–Kier alpha value is -2.04. The van der Waals surface area contributed by atoms with Crippen LogP contribution >= 0.6 is 0 Å². The van der Waals surface area contributed by atoms with Crippen molar-refractivity contribution >= 4 is 11.9 Å². The molecule has 1 aromatic carbocycles. The van der Waals surface area contributed by atoms with Gasteiger partial charge in [-0.05, 0) is 19.9 Å². The minimum absolute atomic E-state index is 0.219. The summed E-state index contributed by atoms with van der Waals surface area (Å²) in [4.78, 5) is 24.6. The smallest absolute Gasteiger partial charge is 0.331 e. The number of methoxy groups -OCH3 is 1. The summed E-state index contributed by atoms with van der Waals surface area (Å²) in [6.07, 6.45) is 0. The van der Waals surface area contributed by atoms with E-state index >= 15 is 0 Å². The molecule has 0 aromatic heterocycles. The minimum Gasteiger partial charge on any atom is -0.496 e. The van der Waals surface area contributed by atoms with Gasteiger partial charge in [-0.1, -0.05) is 18.2 Å². The van der Waals surface area contributed by atoms with E-state index < -0.39 is 12.0 Å². The van der Waals surface area contributed by atoms with Gasteiger partial charge in [0.1, 0.15) is 5.75 Å². The highest BCUT2D eigenvalue weighted by molar-refractivity contribution is 5.84. The van der Waals surface area contributed by atoms with Gasteiger partial charge in [-0.25, -0.2) is 4.79 Å². The number of carboxylic acids is 1. The summed E-state index contributed by atoms with van der Waals surface area (Å²) in [5, 5.41) is 9.47. The van der Waals surface area contributed by atoms with Crippen LogP contribution in [0.1, 0.15) is 32.4 Å². The van der Waals surface area contributed by atoms with Gasteiger partial charge in [0.15, 0.2) is 6.04 Å². The SMILES string of the molecule is COc1ccccc1C(C(=O)O)N(C(C)=O)C(C)C. The van der Waals surface area contributed by atoms with Gasteiger partial charge >= 0.3 is 5.97 Å². The standard InChI is InChI=1S/C14H19NO4/c1-9(2)15(10(3)16)13(14(17)18)11-7-5-6-8-12(11)19-4/h5-9,13H,1-4H3,(H,17,18). The van der Waals surface area contributed by atoms with Crippen molar-refractivity contribution in [3.8, 4) is 5.75 Å². The first-order valence-corrected chi connectivity index (χ1v) is 6.04. The fraction of sp³-hybridized carbons (Fsp3) is 0.429. The summed E-state index contributed by atoms with van der Waals surface area (Å²) < 4.78 is 5.18. The summed E-state index contributed by atoms with van der Waals surface area (Å²) in [6, 6.07) is 5.57. The third-order valence-corrected chi connectivity index (χ3v) is 2.87. The van der Waals surface area contributed by atoms with Crippen molar-refractivity contribution < 1.29 is 19.4 Å². The first-order valence-electron chi connectivity index (χ1n) is 6.04. The second-order valence-corrected chi connectivity index (χ2v) is 4.50. The maximum absolute atomic E-state index is 11.7. The van der Waals surface area contributed by atoms with Crippen LogP contribution in [-0.4, -0.2) is 35.0 Å². The number of nitrogens with zero attached hydrogens (tertiary/aromatic N) is 1. The molecule has 5 nitrogen and oxygen atoms in total. The van der Waals surface area contributed by atoms with E-state index in [1.807, 2.05) is 0 Å². The molecule has 1 N–H and O–H groups in total. The number of para-hydroxylation sites is 1. The highest BCUT2D eigenvalue weighted by atomic mass is 16.5. The monoisotopic (exact) mass is 265 g/mol. The summed E-state index contributed by atoms with van der Waals surface area (Å²) in [5.41, 5.74) is 0.474. The van der Waals surface area contributed by atoms with Crippen LogP contribution in [0.3, 0.4) is 0 Å². The first-order chi connectivity index (χ1) is 8.90. The van der Waals surface area contributed by atoms with Crippen molar-refractivity contribution in [3.05, 3.63) is 29.8 Å². The molecule has 0 radical (unpaired) electrons. The van der Waals surface area contributed by atoms with Crippen LogP contribution in [0.4, 0.5) is 0 Å². The molecular formula is C14H19NO4. The van der Waals surface area contributed by atoms with Gasteiger partial charge in [0.25, 0.3) is 0 Å². The molecule has 1 rings (SSSR count). The number of ether oxygens (including phenoxy) is 1. The molecule has 1 aromatic rings. The third-order valence-electron chi connectivity index (χ3n) is 2.87. The van der Waals surface area contributed by atoms with Crippen LogP contribution in [0.2, 0.25) is 0 Å². The molecule has 0 bridgehead atoms. The maximum Gasteiger partial charge on any atom is 0.331 e. The topological polar surface area (TPSA) is 66.8 Å². The number of rotatable bonds is 5. The lowest BCUT2D eigenvalue weighted by molar-refractivity contribution is -0.151. The maximum atomic E-state index is 11.7. The first kappa shape index (κ1) is 15.0. The van der Waals surface area contributed by atoms with Gasteiger partial charge in [-0.3, -0.25) is 4.79 Å². The second kappa shape index (κ2) is 6.22. The van der Waals surface area contributed by atoms with Crippen LogP contribution in [0.5, 0.6) is 5.75 Å². The zero-order chi connectivity index (χ0) is 14.6. The predicted octanol–water partition coefficient (Wildman–Crippen LogP) is 2.08. The fourth-order valence-electron chi connectivity index (χ4n) is 2.14. The molecule has 0 fully saturated rings. The minimum atomic E-state index is -1.08. The largest absolute Gasteiger partial charge is 0.496 e. The average molecular weight is 265 g/mol. The van der Waals surface area contributed by atoms with E-state index in [1.165, 1.54) is 18.9 Å². The van der Waals surface area contributed by atoms with Gasteiger partial charge in [0.2, 0.25) is 5.91 Å². The van der Waals surface area contributed by atoms with Gasteiger partial charge in [0.05, 0.1) is 7.11 Å². The lowest BCUT2D eigenvalue weighted by Gasteiger charge is -2.32. The molecule has 0 saturated carbocycles. The van der Waals surface area contributed by atoms with E-state index in [1.54, 1.807) is 38.1 Å².